The topological polar surface area (TPSA) is 0 Å². The van der Waals surface area contributed by atoms with Crippen LogP contribution in [0.5, 0.6) is 0 Å². The zero-order valence-corrected chi connectivity index (χ0v) is 7.38. The van der Waals surface area contributed by atoms with Crippen LogP contribution in [0.25, 0.3) is 0 Å². The fraction of sp³-hybridized carbons (Fsp3) is 0. The highest BCUT2D eigenvalue weighted by atomic mass is 36.1. The first-order chi connectivity index (χ1) is 2.56. The quantitative estimate of drug-likeness (QED) is 0.562. The van der Waals surface area contributed by atoms with Gasteiger partial charge in [-0.3, -0.25) is 0 Å². The molecule has 0 aromatic carbocycles. The van der Waals surface area contributed by atoms with Crippen molar-refractivity contribution in [2.24, 2.45) is 0 Å². The molecule has 0 heterocycles. The molecule has 0 aliphatic carbocycles. The maximum Gasteiger partial charge on any atom is 0.336 e. The van der Waals surface area contributed by atoms with E-state index in [1.165, 1.54) is 0 Å². The van der Waals surface area contributed by atoms with Crippen molar-refractivity contribution in [2.45, 2.75) is 0 Å². The fourth-order valence-electron chi connectivity index (χ4n) is 0. The van der Waals surface area contributed by atoms with Gasteiger partial charge in [0.2, 0.25) is 0 Å². The van der Waals surface area contributed by atoms with Crippen LogP contribution in [-0.4, -0.2) is 0 Å². The zero-order valence-electron chi connectivity index (χ0n) is 2.46. The van der Waals surface area contributed by atoms with E-state index in [1.54, 1.807) is 0 Å². The second-order valence-corrected chi connectivity index (χ2v) is 14.3. The van der Waals surface area contributed by atoms with Crippen molar-refractivity contribution in [2.75, 3.05) is 0 Å². The molecule has 0 bridgehead atoms. The van der Waals surface area contributed by atoms with Crippen LogP contribution in [0, 0.1) is 0 Å². The van der Waals surface area contributed by atoms with Crippen molar-refractivity contribution < 1.29 is 0 Å². The molecule has 0 spiro atoms. The molecule has 0 rings (SSSR count). The van der Waals surface area contributed by atoms with Gasteiger partial charge in [-0.2, -0.15) is 0 Å². The summed E-state index contributed by atoms with van der Waals surface area (Å²) in [7, 11) is -0.0532. The minimum atomic E-state index is -2.19. The van der Waals surface area contributed by atoms with Crippen LogP contribution in [-0.2, 0) is 0 Å². The normalized spacial score (nSPS) is 14.0. The molecule has 0 aromatic rings. The summed E-state index contributed by atoms with van der Waals surface area (Å²) in [6.45, 7) is 0. The Hall–Kier alpha value is 2.02. The Kier molecular flexibility index (Phi) is 4.18. The molecule has 1 atom stereocenters. The largest absolute Gasteiger partial charge is 0.336 e. The summed E-state index contributed by atoms with van der Waals surface area (Å²) in [6.07, 6.45) is 0. The van der Waals surface area contributed by atoms with Gasteiger partial charge in [0.25, 0.3) is 0 Å². The SMILES string of the molecule is ClP[P+](Cl)(Cl)Cl. The van der Waals surface area contributed by atoms with E-state index in [-0.39, 0.29) is 7.62 Å². The lowest BCUT2D eigenvalue weighted by Crippen LogP contribution is -1.28. The second kappa shape index (κ2) is 3.13. The van der Waals surface area contributed by atoms with Gasteiger partial charge in [-0.15, -0.1) is 0 Å². The van der Waals surface area contributed by atoms with Crippen LogP contribution in [0.15, 0.2) is 0 Å². The third kappa shape index (κ3) is 6.02. The number of rotatable bonds is 1. The summed E-state index contributed by atoms with van der Waals surface area (Å²) in [6, 6.07) is 0. The summed E-state index contributed by atoms with van der Waals surface area (Å²) in [5.74, 6) is 0. The fourth-order valence-corrected chi connectivity index (χ4v) is 0. The van der Waals surface area contributed by atoms with Crippen molar-refractivity contribution in [3.63, 3.8) is 0 Å². The molecule has 0 saturated carbocycles. The number of hydrogen-bond donors (Lipinski definition) is 0. The van der Waals surface area contributed by atoms with E-state index >= 15 is 0 Å². The van der Waals surface area contributed by atoms with Gasteiger partial charge in [0.05, 0.1) is 0 Å². The Bertz CT molecular complexity index is 35.3. The van der Waals surface area contributed by atoms with Crippen molar-refractivity contribution in [3.05, 3.63) is 0 Å². The van der Waals surface area contributed by atoms with Crippen LogP contribution in [0.3, 0.4) is 0 Å². The summed E-state index contributed by atoms with van der Waals surface area (Å²) < 4.78 is 0. The molecule has 38 valence electrons. The van der Waals surface area contributed by atoms with Gasteiger partial charge in [-0.1, -0.05) is 0 Å². The average Bonchev–Trinajstić information content (AvgIpc) is 1.35. The molecule has 6 heavy (non-hydrogen) atoms. The second-order valence-electron chi connectivity index (χ2n) is 0.530. The number of hydrogen-bond acceptors (Lipinski definition) is 0. The first-order valence-corrected chi connectivity index (χ1v) is 8.28. The van der Waals surface area contributed by atoms with Gasteiger partial charge in [-0.05, 0) is 11.2 Å². The van der Waals surface area contributed by atoms with Crippen molar-refractivity contribution in [1.29, 1.82) is 0 Å². The zero-order chi connectivity index (χ0) is 5.21. The van der Waals surface area contributed by atoms with Crippen molar-refractivity contribution >= 4 is 57.6 Å². The first-order valence-electron chi connectivity index (χ1n) is 0.920. The summed E-state index contributed by atoms with van der Waals surface area (Å²) in [5, 5.41) is -2.19. The van der Waals surface area contributed by atoms with E-state index in [9.17, 15) is 0 Å². The van der Waals surface area contributed by atoms with E-state index in [0.29, 0.717) is 0 Å². The number of halogens is 4. The van der Waals surface area contributed by atoms with E-state index in [1.807, 2.05) is 0 Å². The van der Waals surface area contributed by atoms with E-state index < -0.39 is 5.01 Å². The molecule has 0 fully saturated rings. The molecule has 0 N–H and O–H groups in total. The minimum Gasteiger partial charge on any atom is -0.0484 e. The summed E-state index contributed by atoms with van der Waals surface area (Å²) in [5.41, 5.74) is 0. The third-order valence-corrected chi connectivity index (χ3v) is 7.76. The molecule has 0 nitrogen and oxygen atoms in total. The molecule has 6 heteroatoms. The lowest BCUT2D eigenvalue weighted by molar-refractivity contribution is 4.37. The highest BCUT2D eigenvalue weighted by Gasteiger charge is 2.31. The van der Waals surface area contributed by atoms with E-state index in [2.05, 4.69) is 0 Å². The molecule has 1 unspecified atom stereocenters. The molecule has 0 saturated heterocycles. The highest BCUT2D eigenvalue weighted by molar-refractivity contribution is 8.69. The molecule has 0 aromatic heterocycles. The smallest absolute Gasteiger partial charge is 0.0484 e. The van der Waals surface area contributed by atoms with Gasteiger partial charge < -0.3 is 0 Å². The van der Waals surface area contributed by atoms with Gasteiger partial charge in [0.1, 0.15) is 33.7 Å². The summed E-state index contributed by atoms with van der Waals surface area (Å²) in [4.78, 5) is 0. The Labute approximate surface area is 57.7 Å². The van der Waals surface area contributed by atoms with Crippen LogP contribution >= 0.6 is 57.6 Å². The standard InChI is InChI=1S/Cl4HP2/c1-5-6(2,3)4/h5H/q+1. The Morgan fingerprint density at radius 2 is 1.33 bits per heavy atom. The molecule has 0 radical (unpaired) electrons. The average molecular weight is 205 g/mol. The lowest BCUT2D eigenvalue weighted by Gasteiger charge is -1.85. The predicted octanol–water partition coefficient (Wildman–Crippen LogP) is 4.21. The van der Waals surface area contributed by atoms with E-state index in [4.69, 9.17) is 45.0 Å². The maximum absolute atomic E-state index is 5.24. The van der Waals surface area contributed by atoms with Crippen molar-refractivity contribution in [3.8, 4) is 0 Å². The van der Waals surface area contributed by atoms with Gasteiger partial charge in [0, 0.05) is 0 Å². The van der Waals surface area contributed by atoms with Gasteiger partial charge >= 0.3 is 5.01 Å². The van der Waals surface area contributed by atoms with Crippen LogP contribution < -0.4 is 0 Å². The minimum absolute atomic E-state index is 0.0532. The monoisotopic (exact) mass is 203 g/mol. The van der Waals surface area contributed by atoms with Crippen LogP contribution in [0.1, 0.15) is 0 Å². The molecule has 0 aliphatic rings. The van der Waals surface area contributed by atoms with Crippen LogP contribution in [0.2, 0.25) is 0 Å². The molecule has 0 amide bonds. The van der Waals surface area contributed by atoms with Crippen molar-refractivity contribution in [1.82, 2.24) is 0 Å². The first kappa shape index (κ1) is 8.02. The molecular formula is HCl4P2+. The Morgan fingerprint density at radius 1 is 1.17 bits per heavy atom. The predicted molar refractivity (Wildman–Crippen MR) is 38.6 cm³/mol. The lowest BCUT2D eigenvalue weighted by atomic mass is 29.6. The highest BCUT2D eigenvalue weighted by Crippen LogP contribution is 2.88. The Morgan fingerprint density at radius 3 is 1.33 bits per heavy atom. The van der Waals surface area contributed by atoms with Gasteiger partial charge in [-0.25, -0.2) is 0 Å². The Balaban J connectivity index is 3.17. The molecular weight excluding hydrogens is 204 g/mol. The molecule has 0 aliphatic heterocycles. The van der Waals surface area contributed by atoms with E-state index in [0.717, 1.165) is 0 Å². The van der Waals surface area contributed by atoms with Crippen LogP contribution in [0.4, 0.5) is 0 Å². The maximum atomic E-state index is 5.24. The third-order valence-electron chi connectivity index (χ3n) is 0.0958. The van der Waals surface area contributed by atoms with Gasteiger partial charge in [0.15, 0.2) is 7.62 Å². The summed E-state index contributed by atoms with van der Waals surface area (Å²) >= 11 is 20.9.